The number of benzene rings is 9. The van der Waals surface area contributed by atoms with Gasteiger partial charge in [0, 0.05) is 33.0 Å². The Hall–Kier alpha value is -7.49. The molecule has 0 bridgehead atoms. The summed E-state index contributed by atoms with van der Waals surface area (Å²) in [5.74, 6) is 0. The average Bonchev–Trinajstić information content (AvgIpc) is 3.79. The smallest absolute Gasteiger partial charge is 0.136 e. The number of rotatable bonds is 7. The van der Waals surface area contributed by atoms with E-state index in [0.29, 0.717) is 12.2 Å². The molecule has 1 aromatic heterocycles. The van der Waals surface area contributed by atoms with Crippen molar-refractivity contribution in [1.82, 2.24) is 0 Å². The van der Waals surface area contributed by atoms with Gasteiger partial charge in [0.15, 0.2) is 0 Å². The third-order valence-corrected chi connectivity index (χ3v) is 12.5. The molecule has 60 heavy (non-hydrogen) atoms. The molecule has 0 spiro atoms. The van der Waals surface area contributed by atoms with Crippen LogP contribution in [0.4, 0.5) is 0 Å². The Morgan fingerprint density at radius 2 is 1.17 bits per heavy atom. The first-order valence-electron chi connectivity index (χ1n) is 20.7. The van der Waals surface area contributed by atoms with Gasteiger partial charge in [0.1, 0.15) is 11.2 Å². The van der Waals surface area contributed by atoms with E-state index in [2.05, 4.69) is 172 Å². The summed E-state index contributed by atoms with van der Waals surface area (Å²) in [6.07, 6.45) is 2.04. The molecule has 10 aromatic rings. The number of furan rings is 1. The van der Waals surface area contributed by atoms with Crippen LogP contribution < -0.4 is 5.73 Å². The molecular formula is C57H42N2O. The van der Waals surface area contributed by atoms with Crippen molar-refractivity contribution in [3.63, 3.8) is 0 Å². The van der Waals surface area contributed by atoms with E-state index >= 15 is 0 Å². The minimum absolute atomic E-state index is 0.131. The third kappa shape index (κ3) is 5.85. The molecular weight excluding hydrogens is 729 g/mol. The Morgan fingerprint density at radius 1 is 0.533 bits per heavy atom. The predicted molar refractivity (Wildman–Crippen MR) is 252 cm³/mol. The summed E-state index contributed by atoms with van der Waals surface area (Å²) in [4.78, 5) is 5.22. The zero-order valence-corrected chi connectivity index (χ0v) is 33.6. The summed E-state index contributed by atoms with van der Waals surface area (Å²) in [6, 6.07) is 67.0. The third-order valence-electron chi connectivity index (χ3n) is 12.5. The maximum absolute atomic E-state index is 7.16. The van der Waals surface area contributed by atoms with Gasteiger partial charge >= 0.3 is 0 Å². The fourth-order valence-corrected chi connectivity index (χ4v) is 9.62. The van der Waals surface area contributed by atoms with Gasteiger partial charge in [0.05, 0.1) is 12.3 Å². The van der Waals surface area contributed by atoms with Gasteiger partial charge in [-0.1, -0.05) is 178 Å². The average molecular weight is 771 g/mol. The molecule has 0 aliphatic heterocycles. The van der Waals surface area contributed by atoms with Crippen LogP contribution in [0.2, 0.25) is 0 Å². The van der Waals surface area contributed by atoms with Gasteiger partial charge in [0.25, 0.3) is 0 Å². The van der Waals surface area contributed by atoms with Crippen LogP contribution in [0.15, 0.2) is 204 Å². The molecule has 3 nitrogen and oxygen atoms in total. The van der Waals surface area contributed by atoms with E-state index in [1.807, 2.05) is 36.4 Å². The Labute approximate surface area is 349 Å². The van der Waals surface area contributed by atoms with E-state index in [1.54, 1.807) is 0 Å². The Morgan fingerprint density at radius 3 is 1.97 bits per heavy atom. The van der Waals surface area contributed by atoms with Gasteiger partial charge in [-0.05, 0) is 102 Å². The van der Waals surface area contributed by atoms with Crippen molar-refractivity contribution in [2.45, 2.75) is 25.8 Å². The Kier molecular flexibility index (Phi) is 8.38. The van der Waals surface area contributed by atoms with E-state index in [1.165, 1.54) is 49.7 Å². The molecule has 0 amide bonds. The molecule has 0 radical (unpaired) electrons. The molecule has 0 atom stereocenters. The minimum atomic E-state index is -0.131. The van der Waals surface area contributed by atoms with Gasteiger partial charge in [-0.15, -0.1) is 0 Å². The van der Waals surface area contributed by atoms with E-state index in [-0.39, 0.29) is 5.41 Å². The second-order valence-corrected chi connectivity index (χ2v) is 16.4. The molecule has 1 heterocycles. The number of para-hydroxylation sites is 1. The van der Waals surface area contributed by atoms with E-state index in [9.17, 15) is 0 Å². The lowest BCUT2D eigenvalue weighted by Crippen LogP contribution is -2.16. The molecule has 11 rings (SSSR count). The van der Waals surface area contributed by atoms with Gasteiger partial charge < -0.3 is 10.2 Å². The number of allylic oxidation sites excluding steroid dienone is 1. The van der Waals surface area contributed by atoms with Crippen molar-refractivity contribution in [3.05, 3.63) is 222 Å². The standard InChI is InChI=1S/C57H42N2O/c1-57(2)50-33-40-17-7-6-16-39(40)32-49(50)46-22-12-21-42(56(46)57)38-28-26-37(27-29-38)41-30-31-45(44-19-9-8-18-43(41)44)51(58)34-52(59-35-36-14-4-3-5-15-36)47-23-13-25-54-55(47)48-20-10-11-24-53(48)60-54/h3-34H,35,58H2,1-2H3/b51-34-,59-52?. The first-order valence-corrected chi connectivity index (χ1v) is 20.7. The largest absolute Gasteiger partial charge is 0.456 e. The second kappa shape index (κ2) is 14.1. The maximum atomic E-state index is 7.16. The number of fused-ring (bicyclic) bond motifs is 8. The van der Waals surface area contributed by atoms with Gasteiger partial charge in [-0.2, -0.15) is 0 Å². The van der Waals surface area contributed by atoms with Crippen LogP contribution in [0.1, 0.15) is 41.7 Å². The van der Waals surface area contributed by atoms with E-state index in [0.717, 1.165) is 60.7 Å². The summed E-state index contributed by atoms with van der Waals surface area (Å²) in [5, 5.41) is 6.90. The second-order valence-electron chi connectivity index (χ2n) is 16.4. The summed E-state index contributed by atoms with van der Waals surface area (Å²) in [5.41, 5.74) is 23.5. The number of hydrogen-bond donors (Lipinski definition) is 1. The maximum Gasteiger partial charge on any atom is 0.136 e. The van der Waals surface area contributed by atoms with Crippen LogP contribution in [0, 0.1) is 0 Å². The highest BCUT2D eigenvalue weighted by Gasteiger charge is 2.37. The van der Waals surface area contributed by atoms with Gasteiger partial charge in [-0.25, -0.2) is 0 Å². The molecule has 1 aliphatic carbocycles. The van der Waals surface area contributed by atoms with Crippen LogP contribution >= 0.6 is 0 Å². The lowest BCUT2D eigenvalue weighted by Gasteiger charge is -2.25. The number of nitrogens with two attached hydrogens (primary N) is 1. The van der Waals surface area contributed by atoms with Gasteiger partial charge in [0.2, 0.25) is 0 Å². The molecule has 286 valence electrons. The summed E-state index contributed by atoms with van der Waals surface area (Å²) >= 11 is 0. The first kappa shape index (κ1) is 35.7. The van der Waals surface area contributed by atoms with Crippen molar-refractivity contribution < 1.29 is 4.42 Å². The Balaban J connectivity index is 0.977. The molecule has 1 aliphatic rings. The van der Waals surface area contributed by atoms with Crippen molar-refractivity contribution in [2.24, 2.45) is 10.7 Å². The number of nitrogens with zero attached hydrogens (tertiary/aromatic N) is 1. The van der Waals surface area contributed by atoms with E-state index < -0.39 is 0 Å². The normalized spacial score (nSPS) is 13.6. The van der Waals surface area contributed by atoms with Crippen molar-refractivity contribution in [1.29, 1.82) is 0 Å². The van der Waals surface area contributed by atoms with Crippen molar-refractivity contribution >= 4 is 54.9 Å². The van der Waals surface area contributed by atoms with E-state index in [4.69, 9.17) is 15.1 Å². The topological polar surface area (TPSA) is 51.5 Å². The minimum Gasteiger partial charge on any atom is -0.456 e. The summed E-state index contributed by atoms with van der Waals surface area (Å²) in [7, 11) is 0. The molecule has 0 saturated carbocycles. The molecule has 0 saturated heterocycles. The molecule has 9 aromatic carbocycles. The quantitative estimate of drug-likeness (QED) is 0.164. The fourth-order valence-electron chi connectivity index (χ4n) is 9.62. The molecule has 2 N–H and O–H groups in total. The van der Waals surface area contributed by atoms with Crippen LogP contribution in [0.5, 0.6) is 0 Å². The van der Waals surface area contributed by atoms with Crippen LogP contribution in [-0.4, -0.2) is 5.71 Å². The first-order chi connectivity index (χ1) is 29.4. The summed E-state index contributed by atoms with van der Waals surface area (Å²) < 4.78 is 6.29. The monoisotopic (exact) mass is 770 g/mol. The lowest BCUT2D eigenvalue weighted by molar-refractivity contribution is 0.663. The zero-order valence-electron chi connectivity index (χ0n) is 33.6. The number of aliphatic imine (C=N–C) groups is 1. The number of hydrogen-bond acceptors (Lipinski definition) is 3. The van der Waals surface area contributed by atoms with Crippen LogP contribution in [0.3, 0.4) is 0 Å². The van der Waals surface area contributed by atoms with Gasteiger partial charge in [-0.3, -0.25) is 4.99 Å². The molecule has 0 unspecified atom stereocenters. The predicted octanol–water partition coefficient (Wildman–Crippen LogP) is 14.5. The lowest BCUT2D eigenvalue weighted by atomic mass is 9.78. The van der Waals surface area contributed by atoms with Crippen LogP contribution in [0.25, 0.3) is 82.6 Å². The molecule has 3 heteroatoms. The Bertz CT molecular complexity index is 3370. The highest BCUT2D eigenvalue weighted by atomic mass is 16.3. The fraction of sp³-hybridized carbons (Fsp3) is 0.0702. The SMILES string of the molecule is CC1(C)c2cc3ccccc3cc2-c2cccc(-c3ccc(-c4ccc(/C(N)=C/C(=NCc5ccccc5)c5cccc6oc7ccccc7c56)c5ccccc45)cc3)c21. The highest BCUT2D eigenvalue weighted by Crippen LogP contribution is 2.53. The zero-order chi connectivity index (χ0) is 40.4. The summed E-state index contributed by atoms with van der Waals surface area (Å²) in [6.45, 7) is 5.27. The van der Waals surface area contributed by atoms with Crippen LogP contribution in [-0.2, 0) is 12.0 Å². The van der Waals surface area contributed by atoms with Crippen molar-refractivity contribution in [3.8, 4) is 33.4 Å². The van der Waals surface area contributed by atoms with Crippen molar-refractivity contribution in [2.75, 3.05) is 0 Å². The molecule has 0 fully saturated rings. The highest BCUT2D eigenvalue weighted by molar-refractivity contribution is 6.23.